The van der Waals surface area contributed by atoms with Crippen LogP contribution in [0.5, 0.6) is 0 Å². The molecule has 674 valence electrons. The second-order valence-corrected chi connectivity index (χ2v) is 33.1. The third-order valence-corrected chi connectivity index (χ3v) is 24.7. The summed E-state index contributed by atoms with van der Waals surface area (Å²) in [5.74, 6) is -2.91. The summed E-state index contributed by atoms with van der Waals surface area (Å²) < 4.78 is 85.6. The topological polar surface area (TPSA) is 480 Å². The van der Waals surface area contributed by atoms with Crippen LogP contribution >= 0.6 is 45.3 Å². The van der Waals surface area contributed by atoms with Crippen LogP contribution < -0.4 is 21.3 Å². The van der Waals surface area contributed by atoms with Crippen molar-refractivity contribution in [2.24, 2.45) is 0 Å². The van der Waals surface area contributed by atoms with E-state index in [0.29, 0.717) is 110 Å². The average molecular weight is 1860 g/mol. The zero-order valence-electron chi connectivity index (χ0n) is 70.0. The molecule has 4 saturated carbocycles. The standard InChI is InChI=1S/4C21H20FN7O2S.CH2O2/c1-2-31-15-6-14(7-15)29-10-17(19(28-29)16-5-13(22)3-4-23-16)26-20(30)18-11-32-21(27-18)12-8-24-25-9-12;1-2-31-15-5-14(6-15)29-10-17(19(28-29)16-4-3-13(22)9-23-16)26-20(30)18-11-32-21(27-18)12-7-24-25-8-12;1-2-31-14-6-13(7-14)29-10-16(19(28-29)18-15(22)4-3-5-23-18)26-20(30)17-11-32-21(27-17)12-8-24-25-9-12;1-2-31-17-7-16(18(17)22)29-10-14(19(28-29)13-5-3-4-6-23-13)26-20(30)15-11-32-21(27-15)12-8-24-25-9-12;2-1-3/h3-5,8-11,14-15H,2,6-7H2,1H3,(H,24,25)(H,26,30);3-4,7-11,14-15H,2,5-6H2,1H3,(H,24,25)(H,26,30);3-5,8-11,13-14H,2,6-7H2,1H3,(H,24,25)(H,26,30);3-6,8-11,16-18H,2,7H2,1H3,(H,24,25)(H,26,30);1H,(H,2,3)/t;;;16-,17+,18?;/m...0./s1. The zero-order valence-corrected chi connectivity index (χ0v) is 73.3. The van der Waals surface area contributed by atoms with Crippen molar-refractivity contribution >= 4 is 98.2 Å². The summed E-state index contributed by atoms with van der Waals surface area (Å²) in [5, 5.41) is 72.7. The Morgan fingerprint density at radius 2 is 0.817 bits per heavy atom. The number of carbonyl (C=O) groups excluding carboxylic acids is 4. The number of thiazole rings is 4. The molecule has 0 spiro atoms. The lowest BCUT2D eigenvalue weighted by atomic mass is 9.87. The molecule has 0 bridgehead atoms. The molecular weight excluding hydrogens is 1780 g/mol. The molecule has 4 aliphatic rings. The van der Waals surface area contributed by atoms with E-state index < -0.39 is 41.7 Å². The molecule has 9 N–H and O–H groups in total. The highest BCUT2D eigenvalue weighted by Crippen LogP contribution is 2.43. The highest BCUT2D eigenvalue weighted by atomic mass is 32.1. The fourth-order valence-electron chi connectivity index (χ4n) is 14.3. The van der Waals surface area contributed by atoms with E-state index in [1.165, 1.54) is 88.1 Å². The van der Waals surface area contributed by atoms with Gasteiger partial charge in [0.1, 0.15) is 89.1 Å². The first-order valence-electron chi connectivity index (χ1n) is 41.2. The first kappa shape index (κ1) is 90.1. The molecule has 4 amide bonds. The van der Waals surface area contributed by atoms with Crippen molar-refractivity contribution in [3.8, 4) is 87.8 Å². The van der Waals surface area contributed by atoms with E-state index in [0.717, 1.165) is 67.0 Å². The Balaban J connectivity index is 0.000000126. The van der Waals surface area contributed by atoms with Crippen LogP contribution in [-0.4, -0.2) is 212 Å². The van der Waals surface area contributed by atoms with E-state index in [2.05, 4.69) is 122 Å². The Kier molecular flexibility index (Phi) is 28.8. The summed E-state index contributed by atoms with van der Waals surface area (Å²) >= 11 is 5.39. The van der Waals surface area contributed by atoms with Crippen molar-refractivity contribution in [1.82, 2.24) is 120 Å². The molecule has 0 aliphatic heterocycles. The van der Waals surface area contributed by atoms with Crippen molar-refractivity contribution in [2.75, 3.05) is 47.7 Å². The quantitative estimate of drug-likeness (QED) is 0.0162. The van der Waals surface area contributed by atoms with Crippen LogP contribution in [0.15, 0.2) is 175 Å². The van der Waals surface area contributed by atoms with Crippen LogP contribution in [0.3, 0.4) is 0 Å². The number of rotatable bonds is 28. The molecule has 16 aromatic heterocycles. The average Bonchev–Trinajstić information content (AvgIpc) is 0.836. The minimum Gasteiger partial charge on any atom is -0.483 e. The SMILES string of the molecule is CCOC1CC(n2cc(NC(=O)c3csc(-c4cn[nH]c4)n3)c(-c3cc(F)ccn3)n2)C1.CCOC1CC(n2cc(NC(=O)c3csc(-c4cn[nH]c4)n3)c(-c3ccc(F)cn3)n2)C1.CCOC1CC(n2cc(NC(=O)c3csc(-c4cn[nH]c4)n3)c(-c3ncccc3F)n2)C1.CCO[C@@H]1C[C@H](n2cc(NC(=O)c3csc(-c4cn[nH]c4)n3)c(-c3ccccn3)n2)C1F.O=CO. The van der Waals surface area contributed by atoms with Crippen molar-refractivity contribution in [1.29, 1.82) is 0 Å². The fourth-order valence-corrected chi connectivity index (χ4v) is 17.5. The van der Waals surface area contributed by atoms with E-state index in [4.69, 9.17) is 28.8 Å². The summed E-state index contributed by atoms with van der Waals surface area (Å²) in [7, 11) is 0. The predicted octanol–water partition coefficient (Wildman–Crippen LogP) is 15.2. The predicted molar refractivity (Wildman–Crippen MR) is 476 cm³/mol. The van der Waals surface area contributed by atoms with E-state index >= 15 is 0 Å². The smallest absolute Gasteiger partial charge is 0.290 e. The summed E-state index contributed by atoms with van der Waals surface area (Å²) in [5.41, 5.74) is 9.18. The lowest BCUT2D eigenvalue weighted by Crippen LogP contribution is -2.46. The number of nitrogens with zero attached hydrogens (tertiary/aromatic N) is 20. The second kappa shape index (κ2) is 41.9. The van der Waals surface area contributed by atoms with Gasteiger partial charge in [-0.05, 0) is 109 Å². The van der Waals surface area contributed by atoms with Crippen LogP contribution in [0.1, 0.15) is 139 Å². The van der Waals surface area contributed by atoms with Gasteiger partial charge < -0.3 is 45.3 Å². The Morgan fingerprint density at radius 1 is 0.435 bits per heavy atom. The van der Waals surface area contributed by atoms with Gasteiger partial charge >= 0.3 is 0 Å². The number of aromatic nitrogens is 24. The van der Waals surface area contributed by atoms with E-state index in [1.807, 2.05) is 38.4 Å². The molecule has 16 heterocycles. The molecule has 0 saturated heterocycles. The molecule has 3 atom stereocenters. The second-order valence-electron chi connectivity index (χ2n) is 29.6. The summed E-state index contributed by atoms with van der Waals surface area (Å²) in [6.07, 6.45) is 30.5. The molecule has 0 radical (unpaired) electrons. The molecule has 38 nitrogen and oxygen atoms in total. The van der Waals surface area contributed by atoms with Gasteiger partial charge in [-0.2, -0.15) is 40.8 Å². The number of nitrogens with one attached hydrogen (secondary N) is 8. The highest BCUT2D eigenvalue weighted by molar-refractivity contribution is 7.14. The number of alkyl halides is 1. The van der Waals surface area contributed by atoms with Crippen molar-refractivity contribution < 1.29 is 65.6 Å². The molecule has 1 unspecified atom stereocenters. The number of aromatic amines is 4. The maximum Gasteiger partial charge on any atom is 0.290 e. The normalized spacial score (nSPS) is 18.1. The Morgan fingerprint density at radius 3 is 1.18 bits per heavy atom. The van der Waals surface area contributed by atoms with Crippen LogP contribution in [0.25, 0.3) is 87.8 Å². The molecule has 16 aromatic rings. The molecule has 0 aromatic carbocycles. The molecule has 46 heteroatoms. The van der Waals surface area contributed by atoms with Gasteiger partial charge in [-0.15, -0.1) is 45.3 Å². The van der Waals surface area contributed by atoms with Crippen LogP contribution in [0, 0.1) is 17.5 Å². The fraction of sp³-hybridized carbons (Fsp3) is 0.282. The van der Waals surface area contributed by atoms with E-state index in [9.17, 15) is 36.7 Å². The highest BCUT2D eigenvalue weighted by Gasteiger charge is 2.45. The van der Waals surface area contributed by atoms with Gasteiger partial charge in [0, 0.05) is 151 Å². The summed E-state index contributed by atoms with van der Waals surface area (Å²) in [6, 6.07) is 13.7. The number of halogens is 4. The Hall–Kier alpha value is -14.3. The van der Waals surface area contributed by atoms with Gasteiger partial charge in [0.15, 0.2) is 5.82 Å². The molecule has 20 rings (SSSR count). The molecular formula is C85H82F4N28O10S4. The number of H-pyrrole nitrogens is 4. The van der Waals surface area contributed by atoms with Crippen molar-refractivity contribution in [2.45, 2.75) is 127 Å². The van der Waals surface area contributed by atoms with Crippen LogP contribution in [-0.2, 0) is 23.7 Å². The van der Waals surface area contributed by atoms with E-state index in [1.54, 1.807) is 134 Å². The Labute approximate surface area is 757 Å². The third kappa shape index (κ3) is 21.4. The number of hydrogen-bond donors (Lipinski definition) is 9. The molecule has 4 fully saturated rings. The number of carboxylic acid groups (broad SMARTS) is 1. The van der Waals surface area contributed by atoms with Gasteiger partial charge in [0.2, 0.25) is 0 Å². The lowest BCUT2D eigenvalue weighted by Gasteiger charge is -2.38. The number of amides is 4. The number of anilines is 4. The van der Waals surface area contributed by atoms with Crippen LogP contribution in [0.4, 0.5) is 40.3 Å². The van der Waals surface area contributed by atoms with Gasteiger partial charge in [-0.25, -0.2) is 37.5 Å². The van der Waals surface area contributed by atoms with Crippen molar-refractivity contribution in [3.63, 3.8) is 0 Å². The minimum atomic E-state index is -1.16. The summed E-state index contributed by atoms with van der Waals surface area (Å²) in [4.78, 5) is 94.4. The van der Waals surface area contributed by atoms with Gasteiger partial charge in [-0.1, -0.05) is 6.07 Å². The maximum atomic E-state index is 14.6. The lowest BCUT2D eigenvalue weighted by molar-refractivity contribution is -0.122. The third-order valence-electron chi connectivity index (χ3n) is 21.1. The van der Waals surface area contributed by atoms with Crippen molar-refractivity contribution in [3.05, 3.63) is 215 Å². The first-order chi connectivity index (χ1) is 63.9. The van der Waals surface area contributed by atoms with E-state index in [-0.39, 0.29) is 94.8 Å². The van der Waals surface area contributed by atoms with Gasteiger partial charge in [-0.3, -0.25) is 83.0 Å². The minimum absolute atomic E-state index is 0.0830. The number of ether oxygens (including phenoxy) is 4. The van der Waals surface area contributed by atoms with Gasteiger partial charge in [0.05, 0.1) is 119 Å². The largest absolute Gasteiger partial charge is 0.483 e. The molecule has 131 heavy (non-hydrogen) atoms. The zero-order chi connectivity index (χ0) is 91.0. The number of hydrogen-bond acceptors (Lipinski definition) is 29. The monoisotopic (exact) mass is 1860 g/mol. The van der Waals surface area contributed by atoms with Gasteiger partial charge in [0.25, 0.3) is 30.1 Å². The number of carbonyl (C=O) groups is 5. The maximum absolute atomic E-state index is 14.6. The molecule has 4 aliphatic carbocycles. The number of pyridine rings is 4. The summed E-state index contributed by atoms with van der Waals surface area (Å²) in [6.45, 7) is 9.98. The Bertz CT molecular complexity index is 6480. The first-order valence-corrected chi connectivity index (χ1v) is 44.8. The van der Waals surface area contributed by atoms with Crippen LogP contribution in [0.2, 0.25) is 0 Å².